The number of aliphatic hydroxyl groups is 1. The number of hydrogen-bond donors (Lipinski definition) is 4. The van der Waals surface area contributed by atoms with Crippen LogP contribution in [0, 0.1) is 0 Å². The second kappa shape index (κ2) is 5.00. The average molecular weight is 212 g/mol. The van der Waals surface area contributed by atoms with Crippen molar-refractivity contribution in [2.75, 3.05) is 6.54 Å². The van der Waals surface area contributed by atoms with Crippen LogP contribution in [0.2, 0.25) is 0 Å². The largest absolute Gasteiger partial charge is 0.504 e. The number of phenols is 2. The van der Waals surface area contributed by atoms with Crippen LogP contribution >= 0.6 is 0 Å². The van der Waals surface area contributed by atoms with Gasteiger partial charge in [0.05, 0.1) is 6.10 Å². The van der Waals surface area contributed by atoms with Gasteiger partial charge >= 0.3 is 0 Å². The molecule has 0 aliphatic carbocycles. The van der Waals surface area contributed by atoms with E-state index in [0.717, 1.165) is 0 Å². The van der Waals surface area contributed by atoms with Crippen LogP contribution < -0.4 is 5.32 Å². The van der Waals surface area contributed by atoms with Crippen molar-refractivity contribution in [2.45, 2.75) is 26.0 Å². The second-order valence-corrected chi connectivity index (χ2v) is 3.81. The van der Waals surface area contributed by atoms with Crippen LogP contribution in [-0.2, 0) is 0 Å². The van der Waals surface area contributed by atoms with E-state index in [1.165, 1.54) is 12.1 Å². The fourth-order valence-corrected chi connectivity index (χ4v) is 1.20. The Balaban J connectivity index is 2.72. The van der Waals surface area contributed by atoms with E-state index in [9.17, 15) is 10.2 Å². The Bertz CT molecular complexity index is 344. The maximum absolute atomic E-state index is 9.82. The summed E-state index contributed by atoms with van der Waals surface area (Å²) < 4.78 is 6.74. The lowest BCUT2D eigenvalue weighted by Crippen LogP contribution is -2.27. The minimum atomic E-state index is -0.683. The first kappa shape index (κ1) is 10.3. The van der Waals surface area contributed by atoms with Gasteiger partial charge in [0, 0.05) is 12.6 Å². The first-order valence-corrected chi connectivity index (χ1v) is 4.92. The van der Waals surface area contributed by atoms with Gasteiger partial charge in [0.1, 0.15) is 0 Å². The second-order valence-electron chi connectivity index (χ2n) is 3.81. The number of aromatic hydroxyl groups is 2. The summed E-state index contributed by atoms with van der Waals surface area (Å²) in [4.78, 5) is 0. The van der Waals surface area contributed by atoms with E-state index in [1.807, 2.05) is 13.8 Å². The molecule has 0 aromatic heterocycles. The highest BCUT2D eigenvalue weighted by Gasteiger charge is 2.10. The first-order chi connectivity index (χ1) is 7.54. The zero-order valence-corrected chi connectivity index (χ0v) is 8.90. The third-order valence-electron chi connectivity index (χ3n) is 2.09. The predicted molar refractivity (Wildman–Crippen MR) is 57.9 cm³/mol. The van der Waals surface area contributed by atoms with Gasteiger partial charge in [0.2, 0.25) is 0 Å². The van der Waals surface area contributed by atoms with Crippen molar-refractivity contribution in [3.05, 3.63) is 23.8 Å². The third-order valence-corrected chi connectivity index (χ3v) is 2.09. The predicted octanol–water partition coefficient (Wildman–Crippen LogP) is 1.13. The molecule has 0 spiro atoms. The van der Waals surface area contributed by atoms with Crippen LogP contribution in [-0.4, -0.2) is 29.3 Å². The van der Waals surface area contributed by atoms with Crippen LogP contribution in [0.3, 0.4) is 0 Å². The van der Waals surface area contributed by atoms with Gasteiger partial charge in [-0.15, -0.1) is 0 Å². The summed E-state index contributed by atoms with van der Waals surface area (Å²) in [6.07, 6.45) is -0.683. The summed E-state index contributed by atoms with van der Waals surface area (Å²) in [5, 5.41) is 26.4. The molecule has 0 bridgehead atoms. The molecule has 0 saturated carbocycles. The maximum Gasteiger partial charge on any atom is 0.293 e. The minimum absolute atomic E-state index is 0.0427. The van der Waals surface area contributed by atoms with E-state index in [4.69, 9.17) is 1.43 Å². The fraction of sp³-hybridized carbons (Fsp3) is 0.455. The molecule has 0 fully saturated rings. The van der Waals surface area contributed by atoms with Crippen molar-refractivity contribution in [1.29, 1.82) is 1.43 Å². The van der Waals surface area contributed by atoms with Gasteiger partial charge in [-0.05, 0) is 17.7 Å². The lowest BCUT2D eigenvalue weighted by molar-refractivity contribution is 0.171. The topological polar surface area (TPSA) is 72.7 Å². The lowest BCUT2D eigenvalue weighted by atomic mass is 10.1. The molecule has 0 saturated heterocycles. The molecule has 15 heavy (non-hydrogen) atoms. The van der Waals surface area contributed by atoms with Gasteiger partial charge < -0.3 is 20.6 Å². The van der Waals surface area contributed by atoms with Crippen molar-refractivity contribution in [1.82, 2.24) is 5.32 Å². The molecule has 0 radical (unpaired) electrons. The standard InChI is InChI=1S/C11H17NO3/c1-7(2)12-6-11(15)8-3-4-9(13)10(14)5-8/h3-5,7,11-15H,6H2,1-2H3/i/hD. The molecule has 4 heteroatoms. The zero-order valence-electron chi connectivity index (χ0n) is 9.90. The Labute approximate surface area is 90.7 Å². The molecule has 0 amide bonds. The van der Waals surface area contributed by atoms with E-state index >= 15 is 0 Å². The Hall–Kier alpha value is -1.26. The van der Waals surface area contributed by atoms with Crippen LogP contribution in [0.15, 0.2) is 18.2 Å². The molecule has 1 aromatic carbocycles. The number of rotatable bonds is 5. The molecular formula is C11H17NO3. The van der Waals surface area contributed by atoms with Crippen LogP contribution in [0.4, 0.5) is 0 Å². The molecule has 1 aromatic rings. The van der Waals surface area contributed by atoms with Gasteiger partial charge in [-0.1, -0.05) is 19.9 Å². The van der Waals surface area contributed by atoms with Gasteiger partial charge in [-0.3, -0.25) is 0 Å². The Morgan fingerprint density at radius 3 is 2.73 bits per heavy atom. The van der Waals surface area contributed by atoms with Crippen molar-refractivity contribution in [3.63, 3.8) is 0 Å². The van der Waals surface area contributed by atoms with Crippen molar-refractivity contribution < 1.29 is 15.3 Å². The Kier molecular flexibility index (Phi) is 3.42. The number of aliphatic hydroxyl groups excluding tert-OH is 1. The van der Waals surface area contributed by atoms with E-state index in [-0.39, 0.29) is 11.5 Å². The molecule has 0 aliphatic heterocycles. The van der Waals surface area contributed by atoms with Crippen LogP contribution in [0.1, 0.15) is 25.5 Å². The molecule has 1 atom stereocenters. The number of benzene rings is 1. The summed E-state index contributed by atoms with van der Waals surface area (Å²) in [6.45, 7) is 4.39. The van der Waals surface area contributed by atoms with Crippen molar-refractivity contribution in [2.24, 2.45) is 0 Å². The fourth-order valence-electron chi connectivity index (χ4n) is 1.20. The van der Waals surface area contributed by atoms with E-state index in [0.29, 0.717) is 18.2 Å². The van der Waals surface area contributed by atoms with Crippen molar-refractivity contribution in [3.8, 4) is 11.5 Å². The summed E-state index contributed by atoms with van der Waals surface area (Å²) >= 11 is 0. The van der Waals surface area contributed by atoms with Gasteiger partial charge in [-0.25, -0.2) is 0 Å². The number of hydrogen-bond acceptors (Lipinski definition) is 4. The zero-order chi connectivity index (χ0) is 12.1. The van der Waals surface area contributed by atoms with Crippen LogP contribution in [0.5, 0.6) is 11.5 Å². The van der Waals surface area contributed by atoms with Crippen molar-refractivity contribution >= 4 is 0 Å². The smallest absolute Gasteiger partial charge is 0.293 e. The summed E-state index contributed by atoms with van der Waals surface area (Å²) in [5.74, 6) is -0.0659. The number of nitrogens with one attached hydrogen (secondary N) is 1. The summed E-state index contributed by atoms with van der Waals surface area (Å²) in [7, 11) is 0. The highest BCUT2D eigenvalue weighted by molar-refractivity contribution is 5.41. The third kappa shape index (κ3) is 3.42. The monoisotopic (exact) mass is 212 g/mol. The molecule has 0 aliphatic rings. The molecule has 1 rings (SSSR count). The highest BCUT2D eigenvalue weighted by Crippen LogP contribution is 2.27. The van der Waals surface area contributed by atoms with Gasteiger partial charge in [0.15, 0.2) is 11.5 Å². The lowest BCUT2D eigenvalue weighted by Gasteiger charge is -2.14. The average Bonchev–Trinajstić information content (AvgIpc) is 2.26. The molecule has 0 heterocycles. The van der Waals surface area contributed by atoms with Crippen LogP contribution in [0.25, 0.3) is 0 Å². The quantitative estimate of drug-likeness (QED) is 0.552. The van der Waals surface area contributed by atoms with Gasteiger partial charge in [0.25, 0.3) is 1.43 Å². The minimum Gasteiger partial charge on any atom is -0.504 e. The maximum atomic E-state index is 9.82. The van der Waals surface area contributed by atoms with E-state index < -0.39 is 6.10 Å². The molecule has 84 valence electrons. The SMILES string of the molecule is [2H]Oc1cc(C(O)CNC(C)C)ccc1O. The first-order valence-electron chi connectivity index (χ1n) is 5.33. The molecule has 4 N–H and O–H groups in total. The highest BCUT2D eigenvalue weighted by atomic mass is 16.3. The number of phenolic OH excluding ortho intramolecular Hbond substituents is 2. The molecular weight excluding hydrogens is 194 g/mol. The van der Waals surface area contributed by atoms with E-state index in [1.54, 1.807) is 6.07 Å². The van der Waals surface area contributed by atoms with E-state index in [2.05, 4.69) is 10.4 Å². The molecule has 4 nitrogen and oxygen atoms in total. The summed E-state index contributed by atoms with van der Waals surface area (Å²) in [5.41, 5.74) is 0.605. The van der Waals surface area contributed by atoms with Gasteiger partial charge in [-0.2, -0.15) is 0 Å². The normalized spacial score (nSPS) is 13.7. The summed E-state index contributed by atoms with van der Waals surface area (Å²) in [6, 6.07) is 4.75. The Morgan fingerprint density at radius 1 is 1.40 bits per heavy atom. The molecule has 1 unspecified atom stereocenters. The Morgan fingerprint density at radius 2 is 2.13 bits per heavy atom.